The summed E-state index contributed by atoms with van der Waals surface area (Å²) in [6.07, 6.45) is 10.3. The number of nitrogens with zero attached hydrogens (tertiary/aromatic N) is 1. The van der Waals surface area contributed by atoms with Gasteiger partial charge < -0.3 is 22.0 Å². The maximum atomic E-state index is 9.75. The van der Waals surface area contributed by atoms with Crippen LogP contribution < -0.4 is 4.74 Å². The number of hydrogen-bond donors (Lipinski definition) is 0. The largest absolute Gasteiger partial charge is 0.673 e. The Labute approximate surface area is 183 Å². The van der Waals surface area contributed by atoms with Crippen molar-refractivity contribution in [3.8, 4) is 5.75 Å². The van der Waals surface area contributed by atoms with Crippen molar-refractivity contribution in [2.45, 2.75) is 72.1 Å². The zero-order valence-corrected chi connectivity index (χ0v) is 18.9. The first kappa shape index (κ1) is 25.2. The lowest BCUT2D eigenvalue weighted by Crippen LogP contribution is -2.12. The predicted octanol–water partition coefficient (Wildman–Crippen LogP) is 8.15. The Kier molecular flexibility index (Phi) is 9.85. The summed E-state index contributed by atoms with van der Waals surface area (Å²) in [5, 5.41) is 2.64. The number of hydrogen-bond acceptors (Lipinski definition) is 1. The molecule has 0 saturated heterocycles. The number of ether oxygens (including phenoxy) is 1. The Morgan fingerprint density at radius 1 is 0.839 bits per heavy atom. The van der Waals surface area contributed by atoms with Gasteiger partial charge in [0.15, 0.2) is 5.71 Å². The smallest absolute Gasteiger partial charge is 0.493 e. The van der Waals surface area contributed by atoms with E-state index in [1.807, 2.05) is 0 Å². The Hall–Kier alpha value is -2.05. The first-order valence-electron chi connectivity index (χ1n) is 11.4. The van der Waals surface area contributed by atoms with Crippen LogP contribution in [-0.4, -0.2) is 30.7 Å². The van der Waals surface area contributed by atoms with Gasteiger partial charge in [-0.2, -0.15) is 4.58 Å². The molecule has 0 saturated carbocycles. The maximum absolute atomic E-state index is 9.75. The number of rotatable bonds is 11. The molecule has 1 aliphatic rings. The minimum atomic E-state index is -6.00. The van der Waals surface area contributed by atoms with E-state index in [2.05, 4.69) is 55.7 Å². The lowest BCUT2D eigenvalue weighted by molar-refractivity contribution is -0.437. The van der Waals surface area contributed by atoms with Crippen molar-refractivity contribution >= 4 is 29.4 Å². The molecule has 0 bridgehead atoms. The second-order valence-corrected chi connectivity index (χ2v) is 8.01. The van der Waals surface area contributed by atoms with Crippen LogP contribution in [0, 0.1) is 0 Å². The molecule has 31 heavy (non-hydrogen) atoms. The Morgan fingerprint density at radius 2 is 1.48 bits per heavy atom. The summed E-state index contributed by atoms with van der Waals surface area (Å²) >= 11 is 0. The van der Waals surface area contributed by atoms with E-state index in [4.69, 9.17) is 4.74 Å². The minimum absolute atomic E-state index is 0.805. The van der Waals surface area contributed by atoms with Crippen molar-refractivity contribution in [3.05, 3.63) is 35.9 Å². The van der Waals surface area contributed by atoms with Gasteiger partial charge >= 0.3 is 7.25 Å². The third-order valence-electron chi connectivity index (χ3n) is 5.55. The molecule has 0 spiro atoms. The molecule has 0 amide bonds. The minimum Gasteiger partial charge on any atom is -0.493 e. The van der Waals surface area contributed by atoms with E-state index in [1.165, 1.54) is 72.7 Å². The molecule has 2 nitrogen and oxygen atoms in total. The standard InChI is InChI=1S/C24H34NO.BF4/c1-4-6-8-9-10-11-17-25-19(3)20-13-12-14-21-23(26-18-7-5-2)16-15-22(25)24(20)21;2-1(3,4)5/h12-16H,4-11,17-18H2,1-3H3;/q+1;-1. The van der Waals surface area contributed by atoms with Gasteiger partial charge in [0.25, 0.3) is 0 Å². The fourth-order valence-corrected chi connectivity index (χ4v) is 4.00. The van der Waals surface area contributed by atoms with Crippen LogP contribution in [0.15, 0.2) is 30.3 Å². The third kappa shape index (κ3) is 7.55. The van der Waals surface area contributed by atoms with Crippen LogP contribution in [-0.2, 0) is 0 Å². The molecule has 0 aliphatic carbocycles. The van der Waals surface area contributed by atoms with Gasteiger partial charge in [0.1, 0.15) is 12.3 Å². The van der Waals surface area contributed by atoms with Gasteiger partial charge in [-0.1, -0.05) is 58.1 Å². The van der Waals surface area contributed by atoms with Gasteiger partial charge in [0.2, 0.25) is 5.69 Å². The van der Waals surface area contributed by atoms with Crippen LogP contribution >= 0.6 is 0 Å². The lowest BCUT2D eigenvalue weighted by atomic mass is 10.0. The fraction of sp³-hybridized carbons (Fsp3) is 0.542. The van der Waals surface area contributed by atoms with Gasteiger partial charge in [-0.15, -0.1) is 0 Å². The molecule has 0 radical (unpaired) electrons. The Morgan fingerprint density at radius 3 is 2.16 bits per heavy atom. The topological polar surface area (TPSA) is 12.2 Å². The highest BCUT2D eigenvalue weighted by molar-refractivity contribution is 6.50. The summed E-state index contributed by atoms with van der Waals surface area (Å²) in [4.78, 5) is 0. The average molecular weight is 439 g/mol. The monoisotopic (exact) mass is 439 g/mol. The molecule has 0 aromatic heterocycles. The maximum Gasteiger partial charge on any atom is 0.673 e. The number of benzene rings is 2. The second kappa shape index (κ2) is 12.1. The molecule has 7 heteroatoms. The van der Waals surface area contributed by atoms with Gasteiger partial charge in [-0.3, -0.25) is 0 Å². The molecule has 3 rings (SSSR count). The molecule has 2 aromatic rings. The molecule has 0 fully saturated rings. The molecule has 0 unspecified atom stereocenters. The van der Waals surface area contributed by atoms with E-state index in [1.54, 1.807) is 0 Å². The van der Waals surface area contributed by atoms with Crippen molar-refractivity contribution in [1.29, 1.82) is 0 Å². The van der Waals surface area contributed by atoms with Gasteiger partial charge in [-0.25, -0.2) is 0 Å². The number of halogens is 4. The first-order chi connectivity index (χ1) is 14.8. The summed E-state index contributed by atoms with van der Waals surface area (Å²) in [5.74, 6) is 1.04. The zero-order chi connectivity index (χ0) is 22.9. The highest BCUT2D eigenvalue weighted by Crippen LogP contribution is 2.40. The summed E-state index contributed by atoms with van der Waals surface area (Å²) in [6, 6.07) is 11.1. The highest BCUT2D eigenvalue weighted by atomic mass is 19.5. The molecule has 172 valence electrons. The molecule has 2 aromatic carbocycles. The Balaban J connectivity index is 0.000000614. The third-order valence-corrected chi connectivity index (χ3v) is 5.55. The predicted molar refractivity (Wildman–Crippen MR) is 122 cm³/mol. The molecular weight excluding hydrogens is 405 g/mol. The SMILES string of the molecule is CCCCCCCC[N+]1=C(C)c2cccc3c(OCCCC)ccc1c23.F[B-](F)(F)F. The van der Waals surface area contributed by atoms with Gasteiger partial charge in [0.05, 0.1) is 17.6 Å². The molecule has 1 aliphatic heterocycles. The average Bonchev–Trinajstić information content (AvgIpc) is 2.98. The van der Waals surface area contributed by atoms with E-state index in [0.717, 1.165) is 25.3 Å². The van der Waals surface area contributed by atoms with Crippen molar-refractivity contribution in [3.63, 3.8) is 0 Å². The molecule has 1 heterocycles. The van der Waals surface area contributed by atoms with Crippen molar-refractivity contribution in [2.24, 2.45) is 0 Å². The zero-order valence-electron chi connectivity index (χ0n) is 18.9. The second-order valence-electron chi connectivity index (χ2n) is 8.01. The first-order valence-corrected chi connectivity index (χ1v) is 11.4. The van der Waals surface area contributed by atoms with E-state index in [0.29, 0.717) is 0 Å². The summed E-state index contributed by atoms with van der Waals surface area (Å²) < 4.78 is 47.6. The summed E-state index contributed by atoms with van der Waals surface area (Å²) in [5.41, 5.74) is 4.14. The van der Waals surface area contributed by atoms with Crippen molar-refractivity contribution in [2.75, 3.05) is 13.2 Å². The van der Waals surface area contributed by atoms with E-state index in [9.17, 15) is 17.3 Å². The Bertz CT molecular complexity index is 874. The van der Waals surface area contributed by atoms with Crippen LogP contribution in [0.5, 0.6) is 5.75 Å². The number of unbranched alkanes of at least 4 members (excludes halogenated alkanes) is 6. The fourth-order valence-electron chi connectivity index (χ4n) is 4.00. The van der Waals surface area contributed by atoms with E-state index >= 15 is 0 Å². The van der Waals surface area contributed by atoms with Crippen LogP contribution in [0.25, 0.3) is 10.8 Å². The van der Waals surface area contributed by atoms with Crippen LogP contribution in [0.1, 0.15) is 77.7 Å². The lowest BCUT2D eigenvalue weighted by Gasteiger charge is -2.09. The molecular formula is C24H34BF4NO. The summed E-state index contributed by atoms with van der Waals surface area (Å²) in [7, 11) is -6.00. The normalized spacial score (nSPS) is 12.9. The van der Waals surface area contributed by atoms with E-state index in [-0.39, 0.29) is 0 Å². The van der Waals surface area contributed by atoms with E-state index < -0.39 is 7.25 Å². The summed E-state index contributed by atoms with van der Waals surface area (Å²) in [6.45, 7) is 8.68. The van der Waals surface area contributed by atoms with Crippen molar-refractivity contribution < 1.29 is 26.6 Å². The highest BCUT2D eigenvalue weighted by Gasteiger charge is 2.29. The van der Waals surface area contributed by atoms with Crippen molar-refractivity contribution in [1.82, 2.24) is 0 Å². The van der Waals surface area contributed by atoms with Crippen LogP contribution in [0.3, 0.4) is 0 Å². The quantitative estimate of drug-likeness (QED) is 0.149. The molecule has 0 atom stereocenters. The van der Waals surface area contributed by atoms with Gasteiger partial charge in [0, 0.05) is 24.8 Å². The van der Waals surface area contributed by atoms with Crippen LogP contribution in [0.2, 0.25) is 0 Å². The van der Waals surface area contributed by atoms with Crippen LogP contribution in [0.4, 0.5) is 23.0 Å². The molecule has 0 N–H and O–H groups in total. The van der Waals surface area contributed by atoms with Gasteiger partial charge in [-0.05, 0) is 25.0 Å².